The van der Waals surface area contributed by atoms with Crippen LogP contribution in [0.3, 0.4) is 0 Å². The number of carbonyl (C=O) groups excluding carboxylic acids is 3. The number of nitrogens with zero attached hydrogens (tertiary/aromatic N) is 1. The molecule has 186 valence electrons. The second-order valence-corrected chi connectivity index (χ2v) is 9.97. The summed E-state index contributed by atoms with van der Waals surface area (Å²) >= 11 is 0. The van der Waals surface area contributed by atoms with Gasteiger partial charge in [0.05, 0.1) is 17.9 Å². The zero-order chi connectivity index (χ0) is 24.5. The number of anilines is 1. The lowest BCUT2D eigenvalue weighted by molar-refractivity contribution is -0.140. The monoisotopic (exact) mass is 471 g/mol. The van der Waals surface area contributed by atoms with Crippen LogP contribution in [-0.4, -0.2) is 65.2 Å². The van der Waals surface area contributed by atoms with E-state index in [4.69, 9.17) is 9.84 Å². The van der Waals surface area contributed by atoms with Crippen LogP contribution in [-0.2, 0) is 19.1 Å². The Labute approximate surface area is 201 Å². The highest BCUT2D eigenvalue weighted by Gasteiger charge is 2.74. The molecular formula is C26H37N3O5. The average Bonchev–Trinajstić information content (AvgIpc) is 3.45. The van der Waals surface area contributed by atoms with Gasteiger partial charge in [-0.2, -0.15) is 0 Å². The van der Waals surface area contributed by atoms with Gasteiger partial charge in [-0.1, -0.05) is 19.1 Å². The Hall–Kier alpha value is -2.45. The molecule has 0 radical (unpaired) electrons. The van der Waals surface area contributed by atoms with Crippen LogP contribution in [0, 0.1) is 25.7 Å². The van der Waals surface area contributed by atoms with Crippen LogP contribution in [0.2, 0.25) is 0 Å². The van der Waals surface area contributed by atoms with Gasteiger partial charge in [0.1, 0.15) is 11.6 Å². The van der Waals surface area contributed by atoms with E-state index in [1.165, 1.54) is 0 Å². The molecule has 3 aliphatic heterocycles. The number of unbranched alkanes of at least 4 members (excludes halogenated alkanes) is 2. The number of rotatable bonds is 10. The molecule has 1 aromatic carbocycles. The van der Waals surface area contributed by atoms with Crippen molar-refractivity contribution in [3.8, 4) is 0 Å². The quantitative estimate of drug-likeness (QED) is 0.454. The molecule has 2 unspecified atom stereocenters. The Kier molecular flexibility index (Phi) is 7.28. The lowest BCUT2D eigenvalue weighted by Gasteiger charge is -2.33. The molecule has 0 aromatic heterocycles. The van der Waals surface area contributed by atoms with E-state index >= 15 is 0 Å². The maximum absolute atomic E-state index is 13.8. The molecule has 3 aliphatic rings. The molecule has 3 fully saturated rings. The van der Waals surface area contributed by atoms with Gasteiger partial charge in [-0.3, -0.25) is 14.4 Å². The summed E-state index contributed by atoms with van der Waals surface area (Å²) in [4.78, 5) is 42.2. The maximum Gasteiger partial charge on any atom is 0.250 e. The van der Waals surface area contributed by atoms with Crippen molar-refractivity contribution in [2.24, 2.45) is 11.8 Å². The Morgan fingerprint density at radius 1 is 1.21 bits per heavy atom. The zero-order valence-electron chi connectivity index (χ0n) is 20.4. The number of fused-ring (bicyclic) bond motifs is 1. The Morgan fingerprint density at radius 2 is 2.00 bits per heavy atom. The zero-order valence-corrected chi connectivity index (χ0v) is 20.4. The van der Waals surface area contributed by atoms with Crippen molar-refractivity contribution in [2.75, 3.05) is 25.0 Å². The molecule has 3 N–H and O–H groups in total. The number of ether oxygens (including phenoxy) is 1. The van der Waals surface area contributed by atoms with E-state index in [9.17, 15) is 14.4 Å². The van der Waals surface area contributed by atoms with Crippen molar-refractivity contribution in [2.45, 2.75) is 77.0 Å². The van der Waals surface area contributed by atoms with E-state index in [-0.39, 0.29) is 30.4 Å². The molecule has 8 heteroatoms. The second kappa shape index (κ2) is 10.0. The van der Waals surface area contributed by atoms with Gasteiger partial charge in [0.25, 0.3) is 0 Å². The molecular weight excluding hydrogens is 434 g/mol. The van der Waals surface area contributed by atoms with Gasteiger partial charge in [0.15, 0.2) is 0 Å². The minimum atomic E-state index is -0.977. The normalized spacial score (nSPS) is 29.4. The minimum Gasteiger partial charge on any atom is -0.396 e. The highest BCUT2D eigenvalue weighted by Crippen LogP contribution is 2.58. The first-order valence-electron chi connectivity index (χ1n) is 12.6. The number of nitrogens with one attached hydrogen (secondary N) is 2. The summed E-state index contributed by atoms with van der Waals surface area (Å²) in [5.41, 5.74) is 1.72. The van der Waals surface area contributed by atoms with Crippen LogP contribution in [0.4, 0.5) is 5.69 Å². The van der Waals surface area contributed by atoms with Crippen molar-refractivity contribution >= 4 is 23.4 Å². The first-order valence-corrected chi connectivity index (χ1v) is 12.6. The van der Waals surface area contributed by atoms with Crippen molar-refractivity contribution < 1.29 is 24.2 Å². The molecule has 8 nitrogen and oxygen atoms in total. The largest absolute Gasteiger partial charge is 0.396 e. The summed E-state index contributed by atoms with van der Waals surface area (Å²) < 4.78 is 6.43. The van der Waals surface area contributed by atoms with Crippen molar-refractivity contribution in [3.63, 3.8) is 0 Å². The van der Waals surface area contributed by atoms with Crippen LogP contribution in [0.15, 0.2) is 18.2 Å². The van der Waals surface area contributed by atoms with Gasteiger partial charge in [0, 0.05) is 25.4 Å². The highest BCUT2D eigenvalue weighted by atomic mass is 16.5. The molecule has 4 rings (SSSR count). The Bertz CT molecular complexity index is 950. The summed E-state index contributed by atoms with van der Waals surface area (Å²) in [6, 6.07) is 5.10. The number of carbonyl (C=O) groups is 3. The topological polar surface area (TPSA) is 108 Å². The van der Waals surface area contributed by atoms with Crippen molar-refractivity contribution in [1.82, 2.24) is 10.2 Å². The SMILES string of the molecule is CCCNC(=O)[C@@H]1[C@@H]2CCC3(O2)C(C(=O)Nc2cc(C)ccc2C)N(CCCCCO)C(=O)[C@H]13. The number of likely N-dealkylation sites (tertiary alicyclic amines) is 1. The summed E-state index contributed by atoms with van der Waals surface area (Å²) in [7, 11) is 0. The Morgan fingerprint density at radius 3 is 2.74 bits per heavy atom. The predicted molar refractivity (Wildman–Crippen MR) is 128 cm³/mol. The molecule has 3 heterocycles. The molecule has 1 spiro atoms. The lowest BCUT2D eigenvalue weighted by Crippen LogP contribution is -2.53. The number of benzene rings is 1. The molecule has 0 aliphatic carbocycles. The van der Waals surface area contributed by atoms with E-state index < -0.39 is 23.5 Å². The van der Waals surface area contributed by atoms with Gasteiger partial charge in [-0.05, 0) is 69.6 Å². The number of aliphatic hydroxyl groups is 1. The molecule has 2 bridgehead atoms. The first-order chi connectivity index (χ1) is 16.3. The molecule has 5 atom stereocenters. The van der Waals surface area contributed by atoms with Crippen LogP contribution in [0.5, 0.6) is 0 Å². The Balaban J connectivity index is 1.64. The van der Waals surface area contributed by atoms with E-state index in [1.54, 1.807) is 4.90 Å². The molecule has 1 aromatic rings. The standard InChI is InChI=1S/C26H37N3O5/c1-4-12-27-23(31)20-19-10-11-26(34-19)21(20)25(33)29(13-6-5-7-14-30)22(26)24(32)28-18-15-16(2)8-9-17(18)3/h8-9,15,19-22,30H,4-7,10-14H2,1-3H3,(H,27,31)(H,28,32)/t19-,20+,21-,22?,26?/m0/s1. The third kappa shape index (κ3) is 4.22. The van der Waals surface area contributed by atoms with Gasteiger partial charge in [-0.15, -0.1) is 0 Å². The van der Waals surface area contributed by atoms with Gasteiger partial charge in [0.2, 0.25) is 17.7 Å². The van der Waals surface area contributed by atoms with E-state index in [2.05, 4.69) is 10.6 Å². The number of hydrogen-bond acceptors (Lipinski definition) is 5. The molecule has 34 heavy (non-hydrogen) atoms. The number of amides is 3. The molecule has 3 amide bonds. The summed E-state index contributed by atoms with van der Waals surface area (Å²) in [5.74, 6) is -1.78. The minimum absolute atomic E-state index is 0.0987. The van der Waals surface area contributed by atoms with E-state index in [0.717, 1.165) is 29.7 Å². The maximum atomic E-state index is 13.8. The fraction of sp³-hybridized carbons (Fsp3) is 0.654. The van der Waals surface area contributed by atoms with Crippen molar-refractivity contribution in [1.29, 1.82) is 0 Å². The van der Waals surface area contributed by atoms with Crippen LogP contribution in [0.25, 0.3) is 0 Å². The van der Waals surface area contributed by atoms with E-state index in [1.807, 2.05) is 39.0 Å². The predicted octanol–water partition coefficient (Wildman–Crippen LogP) is 2.31. The molecule has 3 saturated heterocycles. The van der Waals surface area contributed by atoms with Crippen LogP contribution < -0.4 is 10.6 Å². The highest BCUT2D eigenvalue weighted by molar-refractivity contribution is 6.03. The van der Waals surface area contributed by atoms with E-state index in [0.29, 0.717) is 38.8 Å². The number of aliphatic hydroxyl groups excluding tert-OH is 1. The lowest BCUT2D eigenvalue weighted by atomic mass is 9.70. The summed E-state index contributed by atoms with van der Waals surface area (Å²) in [6.07, 6.45) is 3.82. The number of hydrogen-bond donors (Lipinski definition) is 3. The average molecular weight is 472 g/mol. The fourth-order valence-corrected chi connectivity index (χ4v) is 6.00. The van der Waals surface area contributed by atoms with Gasteiger partial charge >= 0.3 is 0 Å². The molecule has 0 saturated carbocycles. The van der Waals surface area contributed by atoms with Gasteiger partial charge in [-0.25, -0.2) is 0 Å². The van der Waals surface area contributed by atoms with Gasteiger partial charge < -0.3 is 25.4 Å². The first kappa shape index (κ1) is 24.7. The van der Waals surface area contributed by atoms with Crippen molar-refractivity contribution in [3.05, 3.63) is 29.3 Å². The smallest absolute Gasteiger partial charge is 0.250 e. The summed E-state index contributed by atoms with van der Waals surface area (Å²) in [6.45, 7) is 6.95. The fourth-order valence-electron chi connectivity index (χ4n) is 6.00. The van der Waals surface area contributed by atoms with Crippen LogP contribution in [0.1, 0.15) is 56.6 Å². The summed E-state index contributed by atoms with van der Waals surface area (Å²) in [5, 5.41) is 15.1. The second-order valence-electron chi connectivity index (χ2n) is 9.97. The van der Waals surface area contributed by atoms with Crippen LogP contribution >= 0.6 is 0 Å². The number of aryl methyl sites for hydroxylation is 2. The third-order valence-corrected chi connectivity index (χ3v) is 7.61. The third-order valence-electron chi connectivity index (χ3n) is 7.61.